The number of amides is 1. The molecule has 0 aromatic heterocycles. The second-order valence-corrected chi connectivity index (χ2v) is 4.96. The molecule has 0 saturated carbocycles. The lowest BCUT2D eigenvalue weighted by Gasteiger charge is -2.34. The van der Waals surface area contributed by atoms with Gasteiger partial charge in [0.05, 0.1) is 6.04 Å². The van der Waals surface area contributed by atoms with Crippen molar-refractivity contribution in [2.45, 2.75) is 31.6 Å². The number of nitrogens with zero attached hydrogens (tertiary/aromatic N) is 1. The predicted octanol–water partition coefficient (Wildman–Crippen LogP) is 2.76. The van der Waals surface area contributed by atoms with Crippen molar-refractivity contribution in [2.75, 3.05) is 7.05 Å². The Labute approximate surface area is 118 Å². The first-order valence-electron chi connectivity index (χ1n) is 5.97. The number of hydrogen-bond donors (Lipinski definition) is 1. The van der Waals surface area contributed by atoms with Crippen molar-refractivity contribution in [1.82, 2.24) is 4.90 Å². The summed E-state index contributed by atoms with van der Waals surface area (Å²) in [6, 6.07) is 1.42. The zero-order valence-electron chi connectivity index (χ0n) is 11.6. The maximum atomic E-state index is 13.6. The lowest BCUT2D eigenvalue weighted by molar-refractivity contribution is -0.194. The van der Waals surface area contributed by atoms with Crippen LogP contribution in [0, 0.1) is 11.6 Å². The molecule has 2 unspecified atom stereocenters. The molecule has 0 aliphatic rings. The average molecular weight is 310 g/mol. The number of carbonyl (C=O) groups excluding carboxylic acids is 1. The monoisotopic (exact) mass is 310 g/mol. The zero-order chi connectivity index (χ0) is 16.6. The van der Waals surface area contributed by atoms with Crippen LogP contribution >= 0.6 is 0 Å². The van der Waals surface area contributed by atoms with Crippen molar-refractivity contribution in [3.63, 3.8) is 0 Å². The molecular formula is C13H15F5N2O. The number of benzene rings is 1. The van der Waals surface area contributed by atoms with Gasteiger partial charge in [-0.2, -0.15) is 13.2 Å². The Balaban J connectivity index is 3.11. The van der Waals surface area contributed by atoms with Gasteiger partial charge in [-0.1, -0.05) is 0 Å². The number of nitrogens with two attached hydrogens (primary N) is 1. The maximum absolute atomic E-state index is 13.6. The van der Waals surface area contributed by atoms with Crippen LogP contribution in [0.25, 0.3) is 0 Å². The smallest absolute Gasteiger partial charge is 0.337 e. The van der Waals surface area contributed by atoms with E-state index >= 15 is 0 Å². The van der Waals surface area contributed by atoms with E-state index in [0.717, 1.165) is 25.2 Å². The molecule has 2 N–H and O–H groups in total. The van der Waals surface area contributed by atoms with Crippen LogP contribution in [0.2, 0.25) is 0 Å². The molecule has 0 fully saturated rings. The lowest BCUT2D eigenvalue weighted by Crippen LogP contribution is -2.61. The van der Waals surface area contributed by atoms with Crippen molar-refractivity contribution in [3.8, 4) is 0 Å². The predicted molar refractivity (Wildman–Crippen MR) is 66.2 cm³/mol. The molecule has 0 saturated heterocycles. The molecule has 0 heterocycles. The first kappa shape index (κ1) is 17.4. The van der Waals surface area contributed by atoms with Gasteiger partial charge in [-0.25, -0.2) is 8.78 Å². The van der Waals surface area contributed by atoms with Gasteiger partial charge in [0.25, 0.3) is 5.91 Å². The minimum Gasteiger partial charge on any atom is -0.337 e. The summed E-state index contributed by atoms with van der Waals surface area (Å²) in [6.45, 7) is 1.81. The zero-order valence-corrected chi connectivity index (χ0v) is 11.6. The fourth-order valence-corrected chi connectivity index (χ4v) is 1.71. The van der Waals surface area contributed by atoms with Gasteiger partial charge in [-0.05, 0) is 32.0 Å². The Morgan fingerprint density at radius 1 is 1.29 bits per heavy atom. The summed E-state index contributed by atoms with van der Waals surface area (Å²) in [6.07, 6.45) is -4.96. The highest BCUT2D eigenvalue weighted by molar-refractivity contribution is 5.86. The van der Waals surface area contributed by atoms with E-state index < -0.39 is 35.3 Å². The van der Waals surface area contributed by atoms with Crippen LogP contribution in [0.4, 0.5) is 22.0 Å². The molecule has 1 aromatic rings. The molecule has 0 spiro atoms. The van der Waals surface area contributed by atoms with Crippen LogP contribution < -0.4 is 5.73 Å². The summed E-state index contributed by atoms with van der Waals surface area (Å²) in [5, 5.41) is 0. The summed E-state index contributed by atoms with van der Waals surface area (Å²) in [4.78, 5) is 12.5. The van der Waals surface area contributed by atoms with E-state index in [1.165, 1.54) is 6.92 Å². The number of alkyl halides is 3. The molecule has 21 heavy (non-hydrogen) atoms. The summed E-state index contributed by atoms with van der Waals surface area (Å²) in [5.74, 6) is -3.02. The average Bonchev–Trinajstić information content (AvgIpc) is 2.37. The van der Waals surface area contributed by atoms with E-state index in [1.54, 1.807) is 0 Å². The van der Waals surface area contributed by atoms with Gasteiger partial charge in [-0.15, -0.1) is 0 Å². The third-order valence-corrected chi connectivity index (χ3v) is 3.34. The van der Waals surface area contributed by atoms with Crippen LogP contribution in [0.15, 0.2) is 18.2 Å². The maximum Gasteiger partial charge on any atom is 0.415 e. The second kappa shape index (κ2) is 5.59. The van der Waals surface area contributed by atoms with Crippen molar-refractivity contribution in [1.29, 1.82) is 0 Å². The lowest BCUT2D eigenvalue weighted by atomic mass is 9.98. The number of rotatable bonds is 3. The van der Waals surface area contributed by atoms with Gasteiger partial charge < -0.3 is 10.6 Å². The van der Waals surface area contributed by atoms with Crippen LogP contribution in [0.1, 0.15) is 25.5 Å². The normalized spacial score (nSPS) is 16.2. The molecular weight excluding hydrogens is 295 g/mol. The molecule has 8 heteroatoms. The van der Waals surface area contributed by atoms with Crippen molar-refractivity contribution in [3.05, 3.63) is 35.4 Å². The summed E-state index contributed by atoms with van der Waals surface area (Å²) in [7, 11) is 1.05. The molecule has 0 aliphatic carbocycles. The molecule has 2 atom stereocenters. The second-order valence-electron chi connectivity index (χ2n) is 4.96. The van der Waals surface area contributed by atoms with Gasteiger partial charge in [-0.3, -0.25) is 4.79 Å². The van der Waals surface area contributed by atoms with Crippen molar-refractivity contribution < 1.29 is 26.7 Å². The Hall–Kier alpha value is -1.70. The molecule has 0 bridgehead atoms. The van der Waals surface area contributed by atoms with Gasteiger partial charge >= 0.3 is 6.18 Å². The van der Waals surface area contributed by atoms with E-state index in [-0.39, 0.29) is 5.56 Å². The summed E-state index contributed by atoms with van der Waals surface area (Å²) < 4.78 is 65.0. The molecule has 0 radical (unpaired) electrons. The Morgan fingerprint density at radius 2 is 1.81 bits per heavy atom. The van der Waals surface area contributed by atoms with E-state index in [1.807, 2.05) is 0 Å². The van der Waals surface area contributed by atoms with Crippen LogP contribution in [-0.4, -0.2) is 29.6 Å². The molecule has 3 nitrogen and oxygen atoms in total. The summed E-state index contributed by atoms with van der Waals surface area (Å²) in [5.41, 5.74) is 1.69. The van der Waals surface area contributed by atoms with Gasteiger partial charge in [0.15, 0.2) is 5.54 Å². The highest BCUT2D eigenvalue weighted by Gasteiger charge is 2.55. The van der Waals surface area contributed by atoms with Crippen molar-refractivity contribution >= 4 is 5.91 Å². The van der Waals surface area contributed by atoms with E-state index in [4.69, 9.17) is 5.73 Å². The minimum absolute atomic E-state index is 0.233. The quantitative estimate of drug-likeness (QED) is 0.873. The Morgan fingerprint density at radius 3 is 2.29 bits per heavy atom. The Bertz CT molecular complexity index is 542. The highest BCUT2D eigenvalue weighted by atomic mass is 19.4. The van der Waals surface area contributed by atoms with Gasteiger partial charge in [0.2, 0.25) is 0 Å². The molecule has 118 valence electrons. The summed E-state index contributed by atoms with van der Waals surface area (Å²) >= 11 is 0. The minimum atomic E-state index is -4.96. The van der Waals surface area contributed by atoms with Gasteiger partial charge in [0.1, 0.15) is 11.6 Å². The van der Waals surface area contributed by atoms with Crippen LogP contribution in [-0.2, 0) is 4.79 Å². The number of carbonyl (C=O) groups is 1. The fourth-order valence-electron chi connectivity index (χ4n) is 1.71. The van der Waals surface area contributed by atoms with E-state index in [9.17, 15) is 26.7 Å². The number of likely N-dealkylation sites (N-methyl/N-ethyl adjacent to an activating group) is 1. The Kier molecular flexibility index (Phi) is 4.62. The van der Waals surface area contributed by atoms with Crippen molar-refractivity contribution in [2.24, 2.45) is 5.73 Å². The fraction of sp³-hybridized carbons (Fsp3) is 0.462. The first-order valence-corrected chi connectivity index (χ1v) is 5.97. The van der Waals surface area contributed by atoms with Crippen LogP contribution in [0.3, 0.4) is 0 Å². The van der Waals surface area contributed by atoms with Gasteiger partial charge in [0, 0.05) is 12.6 Å². The van der Waals surface area contributed by atoms with E-state index in [2.05, 4.69) is 0 Å². The molecule has 1 rings (SSSR count). The third-order valence-electron chi connectivity index (χ3n) is 3.34. The van der Waals surface area contributed by atoms with E-state index in [0.29, 0.717) is 11.8 Å². The standard InChI is InChI=1S/C13H15F5N2O/c1-7(9-6-8(14)4-5-10(9)15)20(3)11(21)12(2,19)13(16,17)18/h4-7H,19H2,1-3H3. The molecule has 0 aliphatic heterocycles. The third kappa shape index (κ3) is 3.31. The number of hydrogen-bond acceptors (Lipinski definition) is 2. The highest BCUT2D eigenvalue weighted by Crippen LogP contribution is 2.32. The largest absolute Gasteiger partial charge is 0.415 e. The number of halogens is 5. The first-order chi connectivity index (χ1) is 9.39. The topological polar surface area (TPSA) is 46.3 Å². The molecule has 1 aromatic carbocycles. The SMILES string of the molecule is CC(c1cc(F)ccc1F)N(C)C(=O)C(C)(N)C(F)(F)F. The molecule has 1 amide bonds. The van der Waals surface area contributed by atoms with Crippen LogP contribution in [0.5, 0.6) is 0 Å².